The lowest BCUT2D eigenvalue weighted by Gasteiger charge is -2.22. The second-order valence-corrected chi connectivity index (χ2v) is 6.15. The number of likely N-dealkylation sites (N-methyl/N-ethyl adjacent to an activating group) is 1. The highest BCUT2D eigenvalue weighted by Crippen LogP contribution is 2.29. The number of carbonyl (C=O) groups is 2. The summed E-state index contributed by atoms with van der Waals surface area (Å²) < 4.78 is 10.7. The van der Waals surface area contributed by atoms with Gasteiger partial charge in [0.25, 0.3) is 11.8 Å². The summed E-state index contributed by atoms with van der Waals surface area (Å²) in [4.78, 5) is 25.9. The van der Waals surface area contributed by atoms with Gasteiger partial charge in [-0.2, -0.15) is 0 Å². The van der Waals surface area contributed by atoms with Crippen LogP contribution in [0.5, 0.6) is 11.5 Å². The summed E-state index contributed by atoms with van der Waals surface area (Å²) in [5, 5.41) is 3.10. The number of benzene rings is 2. The first kappa shape index (κ1) is 20.6. The second-order valence-electron chi connectivity index (χ2n) is 5.74. The monoisotopic (exact) mass is 390 g/mol. The van der Waals surface area contributed by atoms with Gasteiger partial charge in [0.2, 0.25) is 0 Å². The Balaban J connectivity index is 2.18. The van der Waals surface area contributed by atoms with Crippen molar-refractivity contribution < 1.29 is 19.1 Å². The van der Waals surface area contributed by atoms with E-state index in [1.165, 1.54) is 14.2 Å². The summed E-state index contributed by atoms with van der Waals surface area (Å²) in [5.41, 5.74) is 1.35. The topological polar surface area (TPSA) is 67.9 Å². The maximum Gasteiger partial charge on any atom is 0.257 e. The summed E-state index contributed by atoms with van der Waals surface area (Å²) in [6.07, 6.45) is 0. The zero-order valence-corrected chi connectivity index (χ0v) is 16.4. The number of hydrogen-bond donors (Lipinski definition) is 1. The predicted molar refractivity (Wildman–Crippen MR) is 104 cm³/mol. The van der Waals surface area contributed by atoms with Gasteiger partial charge >= 0.3 is 0 Å². The van der Waals surface area contributed by atoms with E-state index in [4.69, 9.17) is 21.1 Å². The molecule has 144 valence electrons. The third-order valence-corrected chi connectivity index (χ3v) is 4.40. The van der Waals surface area contributed by atoms with Gasteiger partial charge in [-0.25, -0.2) is 0 Å². The van der Waals surface area contributed by atoms with E-state index < -0.39 is 0 Å². The van der Waals surface area contributed by atoms with Crippen LogP contribution < -0.4 is 14.8 Å². The minimum absolute atomic E-state index is 0.131. The second kappa shape index (κ2) is 9.83. The third-order valence-electron chi connectivity index (χ3n) is 4.04. The van der Waals surface area contributed by atoms with Crippen LogP contribution >= 0.6 is 11.6 Å². The molecular formula is C20H23ClN2O4. The first-order valence-electron chi connectivity index (χ1n) is 8.54. The molecule has 6 nitrogen and oxygen atoms in total. The molecule has 0 heterocycles. The van der Waals surface area contributed by atoms with Crippen LogP contribution in [-0.2, 0) is 11.3 Å². The van der Waals surface area contributed by atoms with Gasteiger partial charge in [-0.15, -0.1) is 0 Å². The van der Waals surface area contributed by atoms with Gasteiger partial charge in [-0.05, 0) is 36.8 Å². The molecule has 2 rings (SSSR count). The number of carbonyl (C=O) groups excluding carboxylic acids is 2. The van der Waals surface area contributed by atoms with E-state index in [-0.39, 0.29) is 18.4 Å². The predicted octanol–water partition coefficient (Wildman–Crippen LogP) is 3.14. The standard InChI is InChI=1S/C20H23ClN2O4/c1-4-23(12-15-7-5-6-8-16(15)21)20(25)14-9-10-17(18(11-14)26-3)27-13-19(24)22-2/h5-11H,4,12-13H2,1-3H3,(H,22,24). The van der Waals surface area contributed by atoms with Crippen molar-refractivity contribution in [1.29, 1.82) is 0 Å². The average molecular weight is 391 g/mol. The summed E-state index contributed by atoms with van der Waals surface area (Å²) in [7, 11) is 3.01. The number of rotatable bonds is 8. The van der Waals surface area contributed by atoms with Gasteiger partial charge in [-0.1, -0.05) is 29.8 Å². The van der Waals surface area contributed by atoms with Crippen molar-refractivity contribution in [3.8, 4) is 11.5 Å². The minimum Gasteiger partial charge on any atom is -0.493 e. The van der Waals surface area contributed by atoms with Crippen molar-refractivity contribution >= 4 is 23.4 Å². The smallest absolute Gasteiger partial charge is 0.257 e. The molecule has 2 amide bonds. The van der Waals surface area contributed by atoms with Crippen molar-refractivity contribution in [2.75, 3.05) is 27.3 Å². The van der Waals surface area contributed by atoms with E-state index in [0.717, 1.165) is 5.56 Å². The SMILES string of the molecule is CCN(Cc1ccccc1Cl)C(=O)c1ccc(OCC(=O)NC)c(OC)c1. The molecule has 0 spiro atoms. The highest BCUT2D eigenvalue weighted by atomic mass is 35.5. The number of hydrogen-bond acceptors (Lipinski definition) is 4. The maximum atomic E-state index is 12.9. The highest BCUT2D eigenvalue weighted by molar-refractivity contribution is 6.31. The molecule has 27 heavy (non-hydrogen) atoms. The van der Waals surface area contributed by atoms with Crippen LogP contribution in [0.3, 0.4) is 0 Å². The maximum absolute atomic E-state index is 12.9. The van der Waals surface area contributed by atoms with Crippen LogP contribution in [-0.4, -0.2) is 44.0 Å². The molecule has 0 atom stereocenters. The van der Waals surface area contributed by atoms with Crippen molar-refractivity contribution in [3.63, 3.8) is 0 Å². The Morgan fingerprint density at radius 3 is 2.52 bits per heavy atom. The number of nitrogens with one attached hydrogen (secondary N) is 1. The summed E-state index contributed by atoms with van der Waals surface area (Å²) in [5.74, 6) is 0.382. The van der Waals surface area contributed by atoms with Crippen molar-refractivity contribution in [1.82, 2.24) is 10.2 Å². The van der Waals surface area contributed by atoms with Crippen LogP contribution in [0.4, 0.5) is 0 Å². The molecule has 0 aliphatic carbocycles. The molecule has 0 aromatic heterocycles. The number of methoxy groups -OCH3 is 1. The molecule has 0 saturated carbocycles. The Morgan fingerprint density at radius 2 is 1.89 bits per heavy atom. The molecule has 0 saturated heterocycles. The molecule has 7 heteroatoms. The Hall–Kier alpha value is -2.73. The van der Waals surface area contributed by atoms with E-state index in [1.807, 2.05) is 25.1 Å². The lowest BCUT2D eigenvalue weighted by Crippen LogP contribution is -2.30. The Bertz CT molecular complexity index is 810. The van der Waals surface area contributed by atoms with Crippen molar-refractivity contribution in [3.05, 3.63) is 58.6 Å². The molecule has 0 unspecified atom stereocenters. The molecule has 0 aliphatic rings. The van der Waals surface area contributed by atoms with Gasteiger partial charge in [0.05, 0.1) is 7.11 Å². The van der Waals surface area contributed by atoms with Gasteiger partial charge in [-0.3, -0.25) is 9.59 Å². The lowest BCUT2D eigenvalue weighted by molar-refractivity contribution is -0.122. The van der Waals surface area contributed by atoms with E-state index in [1.54, 1.807) is 29.2 Å². The molecule has 2 aromatic rings. The van der Waals surface area contributed by atoms with Crippen LogP contribution in [0.2, 0.25) is 5.02 Å². The van der Waals surface area contributed by atoms with Crippen molar-refractivity contribution in [2.45, 2.75) is 13.5 Å². The normalized spacial score (nSPS) is 10.2. The Labute approximate surface area is 164 Å². The van der Waals surface area contributed by atoms with Gasteiger partial charge in [0.15, 0.2) is 18.1 Å². The quantitative estimate of drug-likeness (QED) is 0.751. The molecule has 0 bridgehead atoms. The average Bonchev–Trinajstić information content (AvgIpc) is 2.70. The summed E-state index contributed by atoms with van der Waals surface area (Å²) in [6, 6.07) is 12.3. The van der Waals surface area contributed by atoms with Gasteiger partial charge in [0.1, 0.15) is 0 Å². The Morgan fingerprint density at radius 1 is 1.15 bits per heavy atom. The first-order valence-corrected chi connectivity index (χ1v) is 8.92. The molecule has 1 N–H and O–H groups in total. The van der Waals surface area contributed by atoms with E-state index in [2.05, 4.69) is 5.32 Å². The Kier molecular flexibility index (Phi) is 7.49. The van der Waals surface area contributed by atoms with E-state index in [0.29, 0.717) is 35.2 Å². The number of nitrogens with zero attached hydrogens (tertiary/aromatic N) is 1. The fourth-order valence-corrected chi connectivity index (χ4v) is 2.67. The summed E-state index contributed by atoms with van der Waals surface area (Å²) in [6.45, 7) is 2.72. The van der Waals surface area contributed by atoms with Crippen LogP contribution in [0, 0.1) is 0 Å². The molecule has 0 fully saturated rings. The van der Waals surface area contributed by atoms with Crippen LogP contribution in [0.25, 0.3) is 0 Å². The summed E-state index contributed by atoms with van der Waals surface area (Å²) >= 11 is 6.21. The van der Waals surface area contributed by atoms with Crippen LogP contribution in [0.15, 0.2) is 42.5 Å². The van der Waals surface area contributed by atoms with Crippen molar-refractivity contribution in [2.24, 2.45) is 0 Å². The lowest BCUT2D eigenvalue weighted by atomic mass is 10.1. The fourth-order valence-electron chi connectivity index (χ4n) is 2.48. The number of ether oxygens (including phenoxy) is 2. The third kappa shape index (κ3) is 5.37. The fraction of sp³-hybridized carbons (Fsp3) is 0.300. The zero-order valence-electron chi connectivity index (χ0n) is 15.6. The zero-order chi connectivity index (χ0) is 19.8. The highest BCUT2D eigenvalue weighted by Gasteiger charge is 2.18. The number of amides is 2. The van der Waals surface area contributed by atoms with E-state index in [9.17, 15) is 9.59 Å². The largest absolute Gasteiger partial charge is 0.493 e. The molecule has 0 aliphatic heterocycles. The minimum atomic E-state index is -0.255. The van der Waals surface area contributed by atoms with Crippen LogP contribution in [0.1, 0.15) is 22.8 Å². The van der Waals surface area contributed by atoms with E-state index >= 15 is 0 Å². The number of halogens is 1. The first-order chi connectivity index (χ1) is 13.0. The molecular weight excluding hydrogens is 368 g/mol. The molecule has 2 aromatic carbocycles. The molecule has 0 radical (unpaired) electrons. The van der Waals surface area contributed by atoms with Gasteiger partial charge in [0, 0.05) is 30.7 Å². The van der Waals surface area contributed by atoms with Gasteiger partial charge < -0.3 is 19.7 Å².